The summed E-state index contributed by atoms with van der Waals surface area (Å²) in [6, 6.07) is 16.4. The number of aromatic nitrogens is 2. The molecule has 202 valence electrons. The molecular weight excluding hydrogens is 547 g/mol. The van der Waals surface area contributed by atoms with E-state index in [1.165, 1.54) is 6.20 Å². The van der Waals surface area contributed by atoms with Gasteiger partial charge in [-0.2, -0.15) is 14.9 Å². The largest absolute Gasteiger partial charge is 0.378 e. The molecule has 4 aromatic rings. The summed E-state index contributed by atoms with van der Waals surface area (Å²) in [5.41, 5.74) is 9.36. The van der Waals surface area contributed by atoms with E-state index in [4.69, 9.17) is 11.6 Å². The van der Waals surface area contributed by atoms with Crippen molar-refractivity contribution in [1.82, 2.24) is 25.9 Å². The lowest BCUT2D eigenvalue weighted by atomic mass is 9.69. The van der Waals surface area contributed by atoms with E-state index < -0.39 is 17.2 Å². The van der Waals surface area contributed by atoms with Crippen LogP contribution >= 0.6 is 11.6 Å². The Labute approximate surface area is 239 Å². The molecule has 2 aromatic carbocycles. The van der Waals surface area contributed by atoms with Crippen LogP contribution in [0.5, 0.6) is 0 Å². The maximum Gasteiger partial charge on any atom is 0.249 e. The fourth-order valence-corrected chi connectivity index (χ4v) is 5.07. The highest BCUT2D eigenvalue weighted by molar-refractivity contribution is 6.36. The Morgan fingerprint density at radius 1 is 1.07 bits per heavy atom. The Morgan fingerprint density at radius 2 is 1.90 bits per heavy atom. The van der Waals surface area contributed by atoms with Gasteiger partial charge in [0.15, 0.2) is 5.82 Å². The molecular formula is C28H21BClF2N9. The zero-order valence-corrected chi connectivity index (χ0v) is 22.4. The van der Waals surface area contributed by atoms with E-state index in [1.807, 2.05) is 37.3 Å². The molecule has 1 fully saturated rings. The van der Waals surface area contributed by atoms with Gasteiger partial charge in [0.2, 0.25) is 5.95 Å². The van der Waals surface area contributed by atoms with Gasteiger partial charge in [0.25, 0.3) is 0 Å². The van der Waals surface area contributed by atoms with E-state index in [1.54, 1.807) is 18.2 Å². The zero-order chi connectivity index (χ0) is 28.7. The third kappa shape index (κ3) is 4.95. The number of fused-ring (bicyclic) bond motifs is 1. The molecule has 1 unspecified atom stereocenters. The predicted molar refractivity (Wildman–Crippen MR) is 153 cm³/mol. The highest BCUT2D eigenvalue weighted by Crippen LogP contribution is 2.39. The van der Waals surface area contributed by atoms with Gasteiger partial charge in [-0.05, 0) is 42.7 Å². The van der Waals surface area contributed by atoms with E-state index in [2.05, 4.69) is 43.7 Å². The van der Waals surface area contributed by atoms with Crippen molar-refractivity contribution < 1.29 is 8.78 Å². The second-order valence-electron chi connectivity index (χ2n) is 10.00. The van der Waals surface area contributed by atoms with Crippen LogP contribution in [0.1, 0.15) is 29.5 Å². The van der Waals surface area contributed by atoms with Crippen molar-refractivity contribution in [1.29, 1.82) is 10.5 Å². The van der Waals surface area contributed by atoms with Crippen molar-refractivity contribution in [3.63, 3.8) is 0 Å². The minimum atomic E-state index is -1.23. The number of anilines is 3. The monoisotopic (exact) mass is 567 g/mol. The van der Waals surface area contributed by atoms with E-state index in [0.29, 0.717) is 38.9 Å². The van der Waals surface area contributed by atoms with Crippen molar-refractivity contribution >= 4 is 47.4 Å². The van der Waals surface area contributed by atoms with Crippen LogP contribution in [0.25, 0.3) is 10.9 Å². The van der Waals surface area contributed by atoms with Crippen LogP contribution in [0.15, 0.2) is 66.8 Å². The molecule has 0 saturated heterocycles. The van der Waals surface area contributed by atoms with Gasteiger partial charge in [-0.3, -0.25) is 9.99 Å². The maximum absolute atomic E-state index is 13.9. The maximum atomic E-state index is 13.9. The van der Waals surface area contributed by atoms with Gasteiger partial charge >= 0.3 is 0 Å². The van der Waals surface area contributed by atoms with Gasteiger partial charge < -0.3 is 16.1 Å². The third-order valence-electron chi connectivity index (χ3n) is 7.14. The lowest BCUT2D eigenvalue weighted by Gasteiger charge is -2.34. The molecule has 9 nitrogen and oxygen atoms in total. The topological polar surface area (TPSA) is 125 Å². The Hall–Kier alpha value is -4.91. The number of hydrazine groups is 2. The average molecular weight is 568 g/mol. The Morgan fingerprint density at radius 3 is 2.63 bits per heavy atom. The van der Waals surface area contributed by atoms with E-state index in [0.717, 1.165) is 36.4 Å². The zero-order valence-electron chi connectivity index (χ0n) is 21.6. The van der Waals surface area contributed by atoms with Crippen LogP contribution in [-0.4, -0.2) is 28.9 Å². The highest BCUT2D eigenvalue weighted by atomic mass is 35.5. The molecule has 1 aliphatic heterocycles. The van der Waals surface area contributed by atoms with Crippen molar-refractivity contribution in [2.24, 2.45) is 0 Å². The number of rotatable bonds is 7. The van der Waals surface area contributed by atoms with Gasteiger partial charge in [-0.15, -0.1) is 5.53 Å². The smallest absolute Gasteiger partial charge is 0.249 e. The predicted octanol–water partition coefficient (Wildman–Crippen LogP) is 4.27. The molecule has 0 spiro atoms. The first-order valence-corrected chi connectivity index (χ1v) is 13.1. The Balaban J connectivity index is 1.47. The highest BCUT2D eigenvalue weighted by Gasteiger charge is 2.38. The molecule has 2 aliphatic rings. The number of nitrogens with zero attached hydrogens (tertiary/aromatic N) is 5. The van der Waals surface area contributed by atoms with Crippen molar-refractivity contribution in [3.8, 4) is 12.1 Å². The minimum absolute atomic E-state index is 0.145. The standard InChI is InChI=1S/C28H21BClF2N9/c29-28(17-3-1-2-15(6-17)10-33,24-14-41(40-39-24)20-4-5-20)38-18-7-21-25(37-19-9-23(31)27(32)36-13-19)16(11-34)12-35-26(21)22(30)8-18/h1-3,6-9,12-14,20,38-40H,4-5,29H2,(H,35,37). The SMILES string of the molecule is BC(Nc1cc(Cl)c2ncc(C#N)c(Nc3cnc(F)c(F)c3)c2c1)(C1=CN(C2CC2)NN1)c1cccc(C#N)c1. The summed E-state index contributed by atoms with van der Waals surface area (Å²) < 4.78 is 27.4. The number of hydrogen-bond acceptors (Lipinski definition) is 9. The summed E-state index contributed by atoms with van der Waals surface area (Å²) in [4.78, 5) is 7.79. The lowest BCUT2D eigenvalue weighted by molar-refractivity contribution is 0.260. The average Bonchev–Trinajstić information content (AvgIpc) is 3.70. The number of hydrogen-bond donors (Lipinski definition) is 4. The quantitative estimate of drug-likeness (QED) is 0.191. The van der Waals surface area contributed by atoms with Crippen LogP contribution in [0.3, 0.4) is 0 Å². The normalized spacial score (nSPS) is 15.8. The van der Waals surface area contributed by atoms with Crippen LogP contribution in [0, 0.1) is 34.4 Å². The van der Waals surface area contributed by atoms with E-state index in [9.17, 15) is 19.3 Å². The number of nitrogens with one attached hydrogen (secondary N) is 4. The molecule has 1 aliphatic carbocycles. The first-order chi connectivity index (χ1) is 19.8. The second kappa shape index (κ2) is 10.2. The Kier molecular flexibility index (Phi) is 6.58. The van der Waals surface area contributed by atoms with Crippen LogP contribution in [0.4, 0.5) is 25.8 Å². The molecule has 4 N–H and O–H groups in total. The summed E-state index contributed by atoms with van der Waals surface area (Å²) in [6.45, 7) is 0. The molecule has 1 atom stereocenters. The number of pyridine rings is 2. The van der Waals surface area contributed by atoms with Crippen LogP contribution in [-0.2, 0) is 5.44 Å². The van der Waals surface area contributed by atoms with Gasteiger partial charge in [-0.1, -0.05) is 23.7 Å². The van der Waals surface area contributed by atoms with E-state index in [-0.39, 0.29) is 11.3 Å². The number of halogens is 3. The molecule has 0 bridgehead atoms. The first kappa shape index (κ1) is 26.3. The summed E-state index contributed by atoms with van der Waals surface area (Å²) in [6.07, 6.45) is 6.67. The molecule has 1 saturated carbocycles. The van der Waals surface area contributed by atoms with Crippen molar-refractivity contribution in [2.75, 3.05) is 10.6 Å². The fourth-order valence-electron chi connectivity index (χ4n) is 4.80. The number of nitriles is 2. The Bertz CT molecular complexity index is 1820. The van der Waals surface area contributed by atoms with Gasteiger partial charge in [0.1, 0.15) is 13.9 Å². The molecule has 3 heterocycles. The summed E-state index contributed by atoms with van der Waals surface area (Å²) >= 11 is 6.70. The fraction of sp³-hybridized carbons (Fsp3) is 0.143. The van der Waals surface area contributed by atoms with Gasteiger partial charge in [0, 0.05) is 35.6 Å². The summed E-state index contributed by atoms with van der Waals surface area (Å²) in [7, 11) is 1.98. The van der Waals surface area contributed by atoms with Crippen LogP contribution in [0.2, 0.25) is 5.02 Å². The lowest BCUT2D eigenvalue weighted by Crippen LogP contribution is -2.45. The van der Waals surface area contributed by atoms with Crippen LogP contribution < -0.4 is 21.6 Å². The van der Waals surface area contributed by atoms with E-state index >= 15 is 0 Å². The minimum Gasteiger partial charge on any atom is -0.378 e. The first-order valence-electron chi connectivity index (χ1n) is 12.7. The molecule has 0 radical (unpaired) electrons. The van der Waals surface area contributed by atoms with Gasteiger partial charge in [0.05, 0.1) is 56.4 Å². The number of benzene rings is 2. The molecule has 2 aromatic heterocycles. The molecule has 13 heteroatoms. The summed E-state index contributed by atoms with van der Waals surface area (Å²) in [5, 5.41) is 28.7. The molecule has 41 heavy (non-hydrogen) atoms. The van der Waals surface area contributed by atoms with Crippen molar-refractivity contribution in [2.45, 2.75) is 24.3 Å². The second-order valence-corrected chi connectivity index (χ2v) is 10.4. The van der Waals surface area contributed by atoms with Gasteiger partial charge in [-0.25, -0.2) is 9.37 Å². The molecule has 6 rings (SSSR count). The summed E-state index contributed by atoms with van der Waals surface area (Å²) in [5.74, 6) is -2.36. The third-order valence-corrected chi connectivity index (χ3v) is 7.43. The van der Waals surface area contributed by atoms with Crippen molar-refractivity contribution in [3.05, 3.63) is 100 Å². The molecule has 0 amide bonds.